The minimum Gasteiger partial charge on any atom is -0.338 e. The number of imide groups is 1. The van der Waals surface area contributed by atoms with Gasteiger partial charge in [0.05, 0.1) is 16.6 Å². The van der Waals surface area contributed by atoms with E-state index in [-0.39, 0.29) is 22.4 Å². The highest BCUT2D eigenvalue weighted by Crippen LogP contribution is 2.20. The fourth-order valence-electron chi connectivity index (χ4n) is 2.87. The summed E-state index contributed by atoms with van der Waals surface area (Å²) in [6.45, 7) is 7.90. The van der Waals surface area contributed by atoms with Crippen LogP contribution >= 0.6 is 11.6 Å². The molecule has 9 heteroatoms. The van der Waals surface area contributed by atoms with Crippen molar-refractivity contribution in [3.8, 4) is 0 Å². The molecule has 0 bridgehead atoms. The van der Waals surface area contributed by atoms with Crippen LogP contribution in [0.1, 0.15) is 31.1 Å². The van der Waals surface area contributed by atoms with E-state index in [9.17, 15) is 18.8 Å². The molecular formula is C19H26ClFN4O3. The molecule has 1 atom stereocenters. The molecule has 4 amide bonds. The van der Waals surface area contributed by atoms with Crippen LogP contribution < -0.4 is 10.6 Å². The van der Waals surface area contributed by atoms with Crippen molar-refractivity contribution in [1.29, 1.82) is 0 Å². The molecule has 0 aliphatic carbocycles. The van der Waals surface area contributed by atoms with Gasteiger partial charge in [0.25, 0.3) is 5.91 Å². The molecule has 2 N–H and O–H groups in total. The summed E-state index contributed by atoms with van der Waals surface area (Å²) >= 11 is 5.97. The van der Waals surface area contributed by atoms with E-state index in [0.29, 0.717) is 38.6 Å². The van der Waals surface area contributed by atoms with E-state index in [0.717, 1.165) is 6.07 Å². The van der Waals surface area contributed by atoms with Crippen LogP contribution in [0.3, 0.4) is 0 Å². The Morgan fingerprint density at radius 2 is 1.79 bits per heavy atom. The summed E-state index contributed by atoms with van der Waals surface area (Å²) in [6, 6.07) is 2.67. The van der Waals surface area contributed by atoms with Gasteiger partial charge in [-0.2, -0.15) is 0 Å². The summed E-state index contributed by atoms with van der Waals surface area (Å²) in [4.78, 5) is 40.1. The second-order valence-corrected chi connectivity index (χ2v) is 7.63. The van der Waals surface area contributed by atoms with Gasteiger partial charge in [-0.15, -0.1) is 0 Å². The number of halogens is 2. The van der Waals surface area contributed by atoms with Gasteiger partial charge in [-0.05, 0) is 31.0 Å². The van der Waals surface area contributed by atoms with E-state index in [1.165, 1.54) is 12.1 Å². The predicted octanol–water partition coefficient (Wildman–Crippen LogP) is 2.11. The number of nitrogens with zero attached hydrogens (tertiary/aromatic N) is 2. The molecule has 1 aromatic carbocycles. The van der Waals surface area contributed by atoms with Gasteiger partial charge in [0.2, 0.25) is 5.91 Å². The van der Waals surface area contributed by atoms with Crippen molar-refractivity contribution in [2.24, 2.45) is 5.92 Å². The van der Waals surface area contributed by atoms with Crippen molar-refractivity contribution in [3.05, 3.63) is 34.6 Å². The molecule has 28 heavy (non-hydrogen) atoms. The topological polar surface area (TPSA) is 81.8 Å². The predicted molar refractivity (Wildman–Crippen MR) is 105 cm³/mol. The average Bonchev–Trinajstić information content (AvgIpc) is 2.65. The van der Waals surface area contributed by atoms with E-state index in [1.54, 1.807) is 11.8 Å². The van der Waals surface area contributed by atoms with Crippen LogP contribution in [0.5, 0.6) is 0 Å². The van der Waals surface area contributed by atoms with Gasteiger partial charge < -0.3 is 10.2 Å². The van der Waals surface area contributed by atoms with Gasteiger partial charge in [0.1, 0.15) is 5.82 Å². The smallest absolute Gasteiger partial charge is 0.321 e. The maximum atomic E-state index is 13.2. The Morgan fingerprint density at radius 3 is 2.36 bits per heavy atom. The van der Waals surface area contributed by atoms with E-state index < -0.39 is 17.9 Å². The molecule has 0 aromatic heterocycles. The lowest BCUT2D eigenvalue weighted by atomic mass is 10.1. The fraction of sp³-hybridized carbons (Fsp3) is 0.526. The second kappa shape index (κ2) is 9.84. The summed E-state index contributed by atoms with van der Waals surface area (Å²) in [5.74, 6) is -0.862. The van der Waals surface area contributed by atoms with Gasteiger partial charge in [0.15, 0.2) is 0 Å². The lowest BCUT2D eigenvalue weighted by Gasteiger charge is -2.37. The molecule has 1 saturated heterocycles. The zero-order chi connectivity index (χ0) is 20.8. The van der Waals surface area contributed by atoms with E-state index in [1.807, 2.05) is 18.7 Å². The highest BCUT2D eigenvalue weighted by Gasteiger charge is 2.29. The van der Waals surface area contributed by atoms with Crippen LogP contribution in [0.4, 0.5) is 9.18 Å². The van der Waals surface area contributed by atoms with E-state index in [2.05, 4.69) is 10.6 Å². The number of urea groups is 1. The van der Waals surface area contributed by atoms with Crippen LogP contribution in [-0.2, 0) is 4.79 Å². The number of carbonyl (C=O) groups excluding carboxylic acids is 3. The molecule has 0 spiro atoms. The first-order valence-corrected chi connectivity index (χ1v) is 9.64. The van der Waals surface area contributed by atoms with E-state index in [4.69, 9.17) is 11.6 Å². The standard InChI is InChI=1S/C19H26ClFN4O3/c1-12(2)11-22-19(28)23-17(26)13(3)24-6-8-25(9-7-24)18(27)15-5-4-14(21)10-16(15)20/h4-5,10,12-13H,6-9,11H2,1-3H3,(H2,22,23,26,28). The van der Waals surface area contributed by atoms with E-state index >= 15 is 0 Å². The highest BCUT2D eigenvalue weighted by molar-refractivity contribution is 6.33. The number of carbonyl (C=O) groups is 3. The number of nitrogens with one attached hydrogen (secondary N) is 2. The lowest BCUT2D eigenvalue weighted by molar-refractivity contribution is -0.125. The molecule has 0 radical (unpaired) electrons. The second-order valence-electron chi connectivity index (χ2n) is 7.22. The van der Waals surface area contributed by atoms with Gasteiger partial charge in [-0.3, -0.25) is 19.8 Å². The first-order chi connectivity index (χ1) is 13.2. The minimum atomic E-state index is -0.509. The van der Waals surface area contributed by atoms with Gasteiger partial charge in [-0.25, -0.2) is 9.18 Å². The maximum absolute atomic E-state index is 13.2. The number of piperazine rings is 1. The van der Waals surface area contributed by atoms with Crippen LogP contribution in [0.25, 0.3) is 0 Å². The third-order valence-corrected chi connectivity index (χ3v) is 4.91. The fourth-order valence-corrected chi connectivity index (χ4v) is 3.12. The summed E-state index contributed by atoms with van der Waals surface area (Å²) < 4.78 is 13.2. The van der Waals surface area contributed by atoms with Crippen LogP contribution in [0.15, 0.2) is 18.2 Å². The molecule has 1 aliphatic heterocycles. The molecule has 154 valence electrons. The largest absolute Gasteiger partial charge is 0.338 e. The molecule has 1 heterocycles. The quantitative estimate of drug-likeness (QED) is 0.776. The Bertz CT molecular complexity index is 736. The minimum absolute atomic E-state index is 0.0765. The normalized spacial score (nSPS) is 16.0. The number of hydrogen-bond donors (Lipinski definition) is 2. The number of benzene rings is 1. The SMILES string of the molecule is CC(C)CNC(=O)NC(=O)C(C)N1CCN(C(=O)c2ccc(F)cc2Cl)CC1. The number of hydrogen-bond acceptors (Lipinski definition) is 4. The average molecular weight is 413 g/mol. The molecule has 1 fully saturated rings. The lowest BCUT2D eigenvalue weighted by Crippen LogP contribution is -2.56. The van der Waals surface area contributed by atoms with Crippen molar-refractivity contribution in [1.82, 2.24) is 20.4 Å². The Labute approximate surface area is 169 Å². The number of amides is 4. The van der Waals surface area contributed by atoms with Crippen molar-refractivity contribution in [2.45, 2.75) is 26.8 Å². The maximum Gasteiger partial charge on any atom is 0.321 e. The van der Waals surface area contributed by atoms with Gasteiger partial charge >= 0.3 is 6.03 Å². The summed E-state index contributed by atoms with van der Waals surface area (Å²) in [7, 11) is 0. The number of rotatable bonds is 5. The zero-order valence-electron chi connectivity index (χ0n) is 16.3. The monoisotopic (exact) mass is 412 g/mol. The summed E-state index contributed by atoms with van der Waals surface area (Å²) in [5, 5.41) is 5.06. The Morgan fingerprint density at radius 1 is 1.14 bits per heavy atom. The Hall–Kier alpha value is -2.19. The highest BCUT2D eigenvalue weighted by atomic mass is 35.5. The van der Waals surface area contributed by atoms with Crippen LogP contribution in [-0.4, -0.2) is 66.4 Å². The first-order valence-electron chi connectivity index (χ1n) is 9.26. The molecule has 1 aliphatic rings. The van der Waals surface area contributed by atoms with Crippen LogP contribution in [0.2, 0.25) is 5.02 Å². The zero-order valence-corrected chi connectivity index (χ0v) is 17.1. The third-order valence-electron chi connectivity index (χ3n) is 4.60. The Kier molecular flexibility index (Phi) is 7.77. The molecule has 1 aromatic rings. The molecular weight excluding hydrogens is 387 g/mol. The summed E-state index contributed by atoms with van der Waals surface area (Å²) in [5.41, 5.74) is 0.254. The van der Waals surface area contributed by atoms with Crippen molar-refractivity contribution < 1.29 is 18.8 Å². The Balaban J connectivity index is 1.86. The van der Waals surface area contributed by atoms with Crippen molar-refractivity contribution in [2.75, 3.05) is 32.7 Å². The van der Waals surface area contributed by atoms with Crippen LogP contribution in [0, 0.1) is 11.7 Å². The van der Waals surface area contributed by atoms with Crippen molar-refractivity contribution in [3.63, 3.8) is 0 Å². The van der Waals surface area contributed by atoms with Gasteiger partial charge in [0, 0.05) is 32.7 Å². The van der Waals surface area contributed by atoms with Crippen molar-refractivity contribution >= 4 is 29.4 Å². The molecule has 2 rings (SSSR count). The van der Waals surface area contributed by atoms with Gasteiger partial charge in [-0.1, -0.05) is 25.4 Å². The molecule has 1 unspecified atom stereocenters. The molecule has 7 nitrogen and oxygen atoms in total. The third kappa shape index (κ3) is 5.90. The first kappa shape index (κ1) is 22.1. The summed E-state index contributed by atoms with van der Waals surface area (Å²) in [6.07, 6.45) is 0. The molecule has 0 saturated carbocycles.